The van der Waals surface area contributed by atoms with E-state index in [1.807, 2.05) is 12.1 Å². The monoisotopic (exact) mass is 351 g/mol. The van der Waals surface area contributed by atoms with Crippen molar-refractivity contribution >= 4 is 28.4 Å². The number of carbonyl (C=O) groups excluding carboxylic acids is 1. The fourth-order valence-corrected chi connectivity index (χ4v) is 2.86. The minimum absolute atomic E-state index is 0.0408. The first kappa shape index (κ1) is 16.3. The topological polar surface area (TPSA) is 84.7 Å². The summed E-state index contributed by atoms with van der Waals surface area (Å²) < 4.78 is 10.5. The van der Waals surface area contributed by atoms with Crippen molar-refractivity contribution in [2.75, 3.05) is 36.5 Å². The number of benzene rings is 1. The second-order valence-electron chi connectivity index (χ2n) is 5.94. The van der Waals surface area contributed by atoms with Crippen molar-refractivity contribution < 1.29 is 13.9 Å². The Morgan fingerprint density at radius 2 is 1.92 bits per heavy atom. The number of hydrogen-bond acceptors (Lipinski definition) is 6. The first-order valence-corrected chi connectivity index (χ1v) is 8.34. The van der Waals surface area contributed by atoms with Gasteiger partial charge in [0.2, 0.25) is 0 Å². The Labute approximate surface area is 149 Å². The van der Waals surface area contributed by atoms with Gasteiger partial charge in [-0.25, -0.2) is 9.78 Å². The van der Waals surface area contributed by atoms with Crippen molar-refractivity contribution in [3.05, 3.63) is 64.6 Å². The third-order valence-electron chi connectivity index (χ3n) is 4.23. The Hall–Kier alpha value is -3.19. The number of pyridine rings is 1. The number of rotatable bonds is 3. The zero-order valence-electron chi connectivity index (χ0n) is 14.0. The molecule has 0 unspecified atom stereocenters. The standard InChI is InChI=1S/C19H17N3O4/c23-18(15-11-13-3-1-2-4-16(13)26-19(15)24)21-14-5-6-17(20-12-14)22-7-9-25-10-8-22/h1-6,11-12H,7-10H2,(H,21,23). The van der Waals surface area contributed by atoms with Crippen molar-refractivity contribution in [1.29, 1.82) is 0 Å². The van der Waals surface area contributed by atoms with Crippen LogP contribution in [0.3, 0.4) is 0 Å². The molecule has 26 heavy (non-hydrogen) atoms. The maximum Gasteiger partial charge on any atom is 0.349 e. The van der Waals surface area contributed by atoms with Gasteiger partial charge in [0.25, 0.3) is 5.91 Å². The molecular formula is C19H17N3O4. The summed E-state index contributed by atoms with van der Waals surface area (Å²) in [6.45, 7) is 2.93. The fraction of sp³-hybridized carbons (Fsp3) is 0.211. The number of carbonyl (C=O) groups is 1. The van der Waals surface area contributed by atoms with E-state index < -0.39 is 11.5 Å². The molecule has 1 aromatic carbocycles. The van der Waals surface area contributed by atoms with E-state index in [1.54, 1.807) is 30.5 Å². The first-order chi connectivity index (χ1) is 12.7. The van der Waals surface area contributed by atoms with E-state index >= 15 is 0 Å². The molecule has 1 saturated heterocycles. The second kappa shape index (κ2) is 6.97. The number of nitrogens with zero attached hydrogens (tertiary/aromatic N) is 2. The van der Waals surface area contributed by atoms with Crippen molar-refractivity contribution in [2.45, 2.75) is 0 Å². The molecule has 0 saturated carbocycles. The lowest BCUT2D eigenvalue weighted by atomic mass is 10.2. The van der Waals surface area contributed by atoms with Crippen LogP contribution in [0.4, 0.5) is 11.5 Å². The lowest BCUT2D eigenvalue weighted by molar-refractivity contribution is 0.102. The van der Waals surface area contributed by atoms with Crippen LogP contribution in [-0.4, -0.2) is 37.2 Å². The molecule has 0 radical (unpaired) electrons. The molecule has 0 spiro atoms. The van der Waals surface area contributed by atoms with Gasteiger partial charge in [0.1, 0.15) is 17.0 Å². The maximum absolute atomic E-state index is 12.4. The molecule has 1 aliphatic rings. The third-order valence-corrected chi connectivity index (χ3v) is 4.23. The SMILES string of the molecule is O=C(Nc1ccc(N2CCOCC2)nc1)c1cc2ccccc2oc1=O. The zero-order chi connectivity index (χ0) is 17.9. The van der Waals surface area contributed by atoms with Gasteiger partial charge in [0.05, 0.1) is 25.1 Å². The molecule has 3 heterocycles. The molecule has 0 bridgehead atoms. The van der Waals surface area contributed by atoms with Gasteiger partial charge >= 0.3 is 5.63 Å². The van der Waals surface area contributed by atoms with Crippen LogP contribution in [-0.2, 0) is 4.74 Å². The number of nitrogens with one attached hydrogen (secondary N) is 1. The Bertz CT molecular complexity index is 992. The number of morpholine rings is 1. The van der Waals surface area contributed by atoms with E-state index in [0.717, 1.165) is 18.9 Å². The Morgan fingerprint density at radius 3 is 2.69 bits per heavy atom. The average Bonchev–Trinajstić information content (AvgIpc) is 2.68. The summed E-state index contributed by atoms with van der Waals surface area (Å²) in [4.78, 5) is 31.0. The Balaban J connectivity index is 1.52. The largest absolute Gasteiger partial charge is 0.422 e. The summed E-state index contributed by atoms with van der Waals surface area (Å²) >= 11 is 0. The third kappa shape index (κ3) is 3.29. The van der Waals surface area contributed by atoms with Gasteiger partial charge in [0, 0.05) is 18.5 Å². The van der Waals surface area contributed by atoms with Crippen LogP contribution in [0.15, 0.2) is 57.9 Å². The van der Waals surface area contributed by atoms with E-state index in [9.17, 15) is 9.59 Å². The fourth-order valence-electron chi connectivity index (χ4n) is 2.86. The highest BCUT2D eigenvalue weighted by Gasteiger charge is 2.15. The Kier molecular flexibility index (Phi) is 4.37. The van der Waals surface area contributed by atoms with Gasteiger partial charge in [0.15, 0.2) is 0 Å². The summed E-state index contributed by atoms with van der Waals surface area (Å²) in [6, 6.07) is 12.2. The van der Waals surface area contributed by atoms with Crippen LogP contribution in [0.5, 0.6) is 0 Å². The van der Waals surface area contributed by atoms with E-state index in [4.69, 9.17) is 9.15 Å². The summed E-state index contributed by atoms with van der Waals surface area (Å²) in [7, 11) is 0. The van der Waals surface area contributed by atoms with Gasteiger partial charge in [-0.2, -0.15) is 0 Å². The first-order valence-electron chi connectivity index (χ1n) is 8.34. The van der Waals surface area contributed by atoms with E-state index in [-0.39, 0.29) is 5.56 Å². The van der Waals surface area contributed by atoms with Crippen molar-refractivity contribution in [3.8, 4) is 0 Å². The van der Waals surface area contributed by atoms with Crippen molar-refractivity contribution in [3.63, 3.8) is 0 Å². The number of hydrogen-bond donors (Lipinski definition) is 1. The molecule has 2 aromatic heterocycles. The molecule has 0 atom stereocenters. The van der Waals surface area contributed by atoms with Crippen LogP contribution >= 0.6 is 0 Å². The van der Waals surface area contributed by atoms with Crippen LogP contribution < -0.4 is 15.8 Å². The van der Waals surface area contributed by atoms with Crippen LogP contribution in [0.2, 0.25) is 0 Å². The predicted octanol–water partition coefficient (Wildman–Crippen LogP) is 2.28. The lowest BCUT2D eigenvalue weighted by Crippen LogP contribution is -2.36. The normalized spacial score (nSPS) is 14.4. The van der Waals surface area contributed by atoms with Gasteiger partial charge in [-0.05, 0) is 24.3 Å². The molecule has 7 nitrogen and oxygen atoms in total. The maximum atomic E-state index is 12.4. The van der Waals surface area contributed by atoms with E-state index in [1.165, 1.54) is 6.07 Å². The van der Waals surface area contributed by atoms with Crippen molar-refractivity contribution in [2.24, 2.45) is 0 Å². The van der Waals surface area contributed by atoms with Gasteiger partial charge in [-0.15, -0.1) is 0 Å². The number of amides is 1. The minimum atomic E-state index is -0.668. The molecule has 1 amide bonds. The molecule has 3 aromatic rings. The minimum Gasteiger partial charge on any atom is -0.422 e. The van der Waals surface area contributed by atoms with Crippen LogP contribution in [0.25, 0.3) is 11.0 Å². The number of aromatic nitrogens is 1. The number of ether oxygens (including phenoxy) is 1. The van der Waals surface area contributed by atoms with Gasteiger partial charge in [-0.3, -0.25) is 4.79 Å². The summed E-state index contributed by atoms with van der Waals surface area (Å²) in [6.07, 6.45) is 1.57. The highest BCUT2D eigenvalue weighted by atomic mass is 16.5. The summed E-state index contributed by atoms with van der Waals surface area (Å²) in [5.74, 6) is 0.307. The molecule has 4 rings (SSSR count). The molecule has 1 N–H and O–H groups in total. The van der Waals surface area contributed by atoms with Gasteiger partial charge < -0.3 is 19.4 Å². The van der Waals surface area contributed by atoms with E-state index in [2.05, 4.69) is 15.2 Å². The molecule has 1 fully saturated rings. The van der Waals surface area contributed by atoms with Crippen LogP contribution in [0, 0.1) is 0 Å². The average molecular weight is 351 g/mol. The quantitative estimate of drug-likeness (QED) is 0.729. The highest BCUT2D eigenvalue weighted by molar-refractivity contribution is 6.05. The lowest BCUT2D eigenvalue weighted by Gasteiger charge is -2.27. The Morgan fingerprint density at radius 1 is 1.12 bits per heavy atom. The summed E-state index contributed by atoms with van der Waals surface area (Å²) in [5.41, 5.74) is 0.255. The molecular weight excluding hydrogens is 334 g/mol. The molecule has 7 heteroatoms. The van der Waals surface area contributed by atoms with E-state index in [0.29, 0.717) is 29.9 Å². The van der Waals surface area contributed by atoms with Crippen LogP contribution in [0.1, 0.15) is 10.4 Å². The molecule has 0 aliphatic carbocycles. The van der Waals surface area contributed by atoms with Crippen molar-refractivity contribution in [1.82, 2.24) is 4.98 Å². The number of para-hydroxylation sites is 1. The smallest absolute Gasteiger partial charge is 0.349 e. The molecule has 132 valence electrons. The summed E-state index contributed by atoms with van der Waals surface area (Å²) in [5, 5.41) is 3.38. The number of fused-ring (bicyclic) bond motifs is 1. The second-order valence-corrected chi connectivity index (χ2v) is 5.94. The molecule has 1 aliphatic heterocycles. The highest BCUT2D eigenvalue weighted by Crippen LogP contribution is 2.17. The van der Waals surface area contributed by atoms with Gasteiger partial charge in [-0.1, -0.05) is 18.2 Å². The number of anilines is 2. The zero-order valence-corrected chi connectivity index (χ0v) is 14.0. The predicted molar refractivity (Wildman–Crippen MR) is 97.7 cm³/mol.